The topological polar surface area (TPSA) is 29.3 Å². The molecule has 0 aromatic carbocycles. The molecule has 3 heteroatoms. The number of piperidine rings is 1. The molecule has 3 rings (SSSR count). The van der Waals surface area contributed by atoms with Crippen molar-refractivity contribution in [3.8, 4) is 0 Å². The number of pyridine rings is 1. The van der Waals surface area contributed by atoms with Crippen LogP contribution in [0.2, 0.25) is 0 Å². The molecule has 0 saturated carbocycles. The van der Waals surface area contributed by atoms with Crippen molar-refractivity contribution in [3.05, 3.63) is 35.8 Å². The van der Waals surface area contributed by atoms with E-state index in [-0.39, 0.29) is 0 Å². The van der Waals surface area contributed by atoms with Crippen molar-refractivity contribution in [1.29, 1.82) is 0 Å². The molecule has 0 radical (unpaired) electrons. The quantitative estimate of drug-likeness (QED) is 0.789. The van der Waals surface area contributed by atoms with Crippen molar-refractivity contribution < 1.29 is 0 Å². The molecular weight excluding hydrogens is 198 g/mol. The van der Waals surface area contributed by atoms with Crippen LogP contribution in [0.1, 0.15) is 30.0 Å². The van der Waals surface area contributed by atoms with Gasteiger partial charge in [0.2, 0.25) is 0 Å². The van der Waals surface area contributed by atoms with Gasteiger partial charge in [0.15, 0.2) is 0 Å². The maximum absolute atomic E-state index is 4.52. The third-order valence-electron chi connectivity index (χ3n) is 3.42. The van der Waals surface area contributed by atoms with Crippen molar-refractivity contribution in [2.45, 2.75) is 25.7 Å². The normalized spacial score (nSPS) is 18.1. The Hall–Kier alpha value is -1.35. The van der Waals surface area contributed by atoms with Gasteiger partial charge in [-0.2, -0.15) is 0 Å². The van der Waals surface area contributed by atoms with Gasteiger partial charge >= 0.3 is 0 Å². The number of aryl methyl sites for hydroxylation is 1. The van der Waals surface area contributed by atoms with Crippen LogP contribution in [0, 0.1) is 6.92 Å². The summed E-state index contributed by atoms with van der Waals surface area (Å²) in [7, 11) is 0. The summed E-state index contributed by atoms with van der Waals surface area (Å²) < 4.78 is 2.10. The summed E-state index contributed by atoms with van der Waals surface area (Å²) >= 11 is 0. The molecule has 0 amide bonds. The van der Waals surface area contributed by atoms with E-state index >= 15 is 0 Å². The van der Waals surface area contributed by atoms with Crippen LogP contribution in [0.25, 0.3) is 5.65 Å². The second kappa shape index (κ2) is 3.91. The standard InChI is InChI=1S/C13H17N3/c1-10-9-16-7-4-12(8-13(16)15-10)11-2-5-14-6-3-11/h4,7-9,11,14H,2-3,5-6H2,1H3. The Morgan fingerprint density at radius 1 is 1.38 bits per heavy atom. The molecular formula is C13H17N3. The molecule has 84 valence electrons. The first-order valence-electron chi connectivity index (χ1n) is 5.99. The number of hydrogen-bond donors (Lipinski definition) is 1. The van der Waals surface area contributed by atoms with Crippen LogP contribution < -0.4 is 5.32 Å². The number of rotatable bonds is 1. The van der Waals surface area contributed by atoms with E-state index < -0.39 is 0 Å². The van der Waals surface area contributed by atoms with E-state index in [9.17, 15) is 0 Å². The lowest BCUT2D eigenvalue weighted by molar-refractivity contribution is 0.460. The van der Waals surface area contributed by atoms with Crippen LogP contribution >= 0.6 is 0 Å². The molecule has 2 aromatic rings. The van der Waals surface area contributed by atoms with Crippen LogP contribution in [0.5, 0.6) is 0 Å². The van der Waals surface area contributed by atoms with Gasteiger partial charge < -0.3 is 9.72 Å². The fraction of sp³-hybridized carbons (Fsp3) is 0.462. The molecule has 0 atom stereocenters. The van der Waals surface area contributed by atoms with Crippen molar-refractivity contribution in [2.75, 3.05) is 13.1 Å². The van der Waals surface area contributed by atoms with E-state index in [1.54, 1.807) is 0 Å². The van der Waals surface area contributed by atoms with E-state index in [1.807, 2.05) is 6.92 Å². The molecule has 1 aliphatic heterocycles. The first-order valence-corrected chi connectivity index (χ1v) is 5.99. The number of aromatic nitrogens is 2. The molecule has 3 heterocycles. The summed E-state index contributed by atoms with van der Waals surface area (Å²) in [5.74, 6) is 0.711. The highest BCUT2D eigenvalue weighted by Gasteiger charge is 2.15. The number of nitrogens with zero attached hydrogens (tertiary/aromatic N) is 2. The zero-order valence-electron chi connectivity index (χ0n) is 9.61. The van der Waals surface area contributed by atoms with Gasteiger partial charge in [0, 0.05) is 12.4 Å². The van der Waals surface area contributed by atoms with Gasteiger partial charge in [0.05, 0.1) is 5.69 Å². The molecule has 1 aliphatic rings. The summed E-state index contributed by atoms with van der Waals surface area (Å²) in [4.78, 5) is 4.52. The lowest BCUT2D eigenvalue weighted by Gasteiger charge is -2.22. The Labute approximate surface area is 95.5 Å². The van der Waals surface area contributed by atoms with Gasteiger partial charge in [0.1, 0.15) is 5.65 Å². The predicted molar refractivity (Wildman–Crippen MR) is 64.8 cm³/mol. The fourth-order valence-electron chi connectivity index (χ4n) is 2.53. The molecule has 1 N–H and O–H groups in total. The molecule has 3 nitrogen and oxygen atoms in total. The van der Waals surface area contributed by atoms with Gasteiger partial charge in [0.25, 0.3) is 0 Å². The minimum Gasteiger partial charge on any atom is -0.317 e. The second-order valence-corrected chi connectivity index (χ2v) is 4.63. The number of nitrogens with one attached hydrogen (secondary N) is 1. The molecule has 16 heavy (non-hydrogen) atoms. The van der Waals surface area contributed by atoms with E-state index in [0.29, 0.717) is 5.92 Å². The van der Waals surface area contributed by atoms with Crippen LogP contribution in [0.15, 0.2) is 24.5 Å². The third-order valence-corrected chi connectivity index (χ3v) is 3.42. The smallest absolute Gasteiger partial charge is 0.137 e. The highest BCUT2D eigenvalue weighted by atomic mass is 15.0. The Bertz CT molecular complexity index is 495. The van der Waals surface area contributed by atoms with E-state index in [1.165, 1.54) is 18.4 Å². The zero-order chi connectivity index (χ0) is 11.0. The SMILES string of the molecule is Cc1cn2ccc(C3CCNCC3)cc2n1. The Morgan fingerprint density at radius 2 is 2.19 bits per heavy atom. The molecule has 1 saturated heterocycles. The number of fused-ring (bicyclic) bond motifs is 1. The second-order valence-electron chi connectivity index (χ2n) is 4.63. The monoisotopic (exact) mass is 215 g/mol. The van der Waals surface area contributed by atoms with Crippen LogP contribution in [0.4, 0.5) is 0 Å². The largest absolute Gasteiger partial charge is 0.317 e. The van der Waals surface area contributed by atoms with Gasteiger partial charge in [-0.25, -0.2) is 4.98 Å². The summed E-state index contributed by atoms with van der Waals surface area (Å²) in [5, 5.41) is 3.40. The highest BCUT2D eigenvalue weighted by Crippen LogP contribution is 2.25. The van der Waals surface area contributed by atoms with Crippen molar-refractivity contribution >= 4 is 5.65 Å². The maximum Gasteiger partial charge on any atom is 0.137 e. The van der Waals surface area contributed by atoms with Gasteiger partial charge in [-0.3, -0.25) is 0 Å². The molecule has 0 bridgehead atoms. The Kier molecular flexibility index (Phi) is 2.40. The maximum atomic E-state index is 4.52. The first-order chi connectivity index (χ1) is 7.83. The number of hydrogen-bond acceptors (Lipinski definition) is 2. The van der Waals surface area contributed by atoms with Gasteiger partial charge in [-0.05, 0) is 56.5 Å². The number of imidazole rings is 1. The average Bonchev–Trinajstić information content (AvgIpc) is 2.69. The Morgan fingerprint density at radius 3 is 3.00 bits per heavy atom. The van der Waals surface area contributed by atoms with Gasteiger partial charge in [-0.1, -0.05) is 0 Å². The first kappa shape index (κ1) is 9.85. The lowest BCUT2D eigenvalue weighted by Crippen LogP contribution is -2.26. The van der Waals surface area contributed by atoms with Crippen LogP contribution in [-0.4, -0.2) is 22.5 Å². The van der Waals surface area contributed by atoms with Crippen molar-refractivity contribution in [3.63, 3.8) is 0 Å². The van der Waals surface area contributed by atoms with Gasteiger partial charge in [-0.15, -0.1) is 0 Å². The van der Waals surface area contributed by atoms with Crippen LogP contribution in [-0.2, 0) is 0 Å². The molecule has 2 aromatic heterocycles. The molecule has 0 unspecified atom stereocenters. The summed E-state index contributed by atoms with van der Waals surface area (Å²) in [6, 6.07) is 4.48. The lowest BCUT2D eigenvalue weighted by atomic mass is 9.91. The fourth-order valence-corrected chi connectivity index (χ4v) is 2.53. The Balaban J connectivity index is 1.97. The summed E-state index contributed by atoms with van der Waals surface area (Å²) in [6.07, 6.45) is 6.69. The third kappa shape index (κ3) is 1.71. The minimum atomic E-state index is 0.711. The molecule has 0 spiro atoms. The molecule has 1 fully saturated rings. The minimum absolute atomic E-state index is 0.711. The highest BCUT2D eigenvalue weighted by molar-refractivity contribution is 5.43. The van der Waals surface area contributed by atoms with E-state index in [4.69, 9.17) is 0 Å². The predicted octanol–water partition coefficient (Wildman–Crippen LogP) is 2.11. The van der Waals surface area contributed by atoms with Crippen molar-refractivity contribution in [2.24, 2.45) is 0 Å². The van der Waals surface area contributed by atoms with Crippen LogP contribution in [0.3, 0.4) is 0 Å². The van der Waals surface area contributed by atoms with Crippen molar-refractivity contribution in [1.82, 2.24) is 14.7 Å². The average molecular weight is 215 g/mol. The summed E-state index contributed by atoms with van der Waals surface area (Å²) in [5.41, 5.74) is 3.61. The summed E-state index contributed by atoms with van der Waals surface area (Å²) in [6.45, 7) is 4.32. The molecule has 0 aliphatic carbocycles. The van der Waals surface area contributed by atoms with E-state index in [2.05, 4.69) is 39.2 Å². The van der Waals surface area contributed by atoms with E-state index in [0.717, 1.165) is 24.4 Å². The zero-order valence-corrected chi connectivity index (χ0v) is 9.61.